The molecule has 1 aliphatic carbocycles. The summed E-state index contributed by atoms with van der Waals surface area (Å²) in [5.41, 5.74) is -0.0263. The van der Waals surface area contributed by atoms with Crippen LogP contribution in [0.4, 0.5) is 0 Å². The van der Waals surface area contributed by atoms with Gasteiger partial charge in [0.2, 0.25) is 5.78 Å². The molecule has 1 amide bonds. The molecule has 1 aliphatic heterocycles. The number of carbonyl (C=O) groups is 2. The fourth-order valence-electron chi connectivity index (χ4n) is 2.67. The lowest BCUT2D eigenvalue weighted by atomic mass is 9.82. The van der Waals surface area contributed by atoms with Gasteiger partial charge in [0.1, 0.15) is 0 Å². The van der Waals surface area contributed by atoms with E-state index in [1.165, 1.54) is 19.3 Å². The molecular formula is C11H17NO2. The molecule has 2 fully saturated rings. The molecule has 78 valence electrons. The Morgan fingerprint density at radius 2 is 1.79 bits per heavy atom. The van der Waals surface area contributed by atoms with Crippen molar-refractivity contribution in [1.29, 1.82) is 0 Å². The number of likely N-dealkylation sites (tertiary alicyclic amines) is 1. The van der Waals surface area contributed by atoms with Gasteiger partial charge in [0.05, 0.1) is 0 Å². The molecule has 0 aromatic carbocycles. The maximum absolute atomic E-state index is 11.6. The number of hydrogen-bond acceptors (Lipinski definition) is 2. The smallest absolute Gasteiger partial charge is 0.290 e. The fourth-order valence-corrected chi connectivity index (χ4v) is 2.67. The maximum Gasteiger partial charge on any atom is 0.290 e. The van der Waals surface area contributed by atoms with E-state index in [2.05, 4.69) is 6.92 Å². The molecule has 0 unspecified atom stereocenters. The molecule has 0 spiro atoms. The summed E-state index contributed by atoms with van der Waals surface area (Å²) in [5.74, 6) is -0.439. The summed E-state index contributed by atoms with van der Waals surface area (Å²) in [7, 11) is 0. The Balaban J connectivity index is 2.13. The van der Waals surface area contributed by atoms with Gasteiger partial charge in [-0.1, -0.05) is 19.3 Å². The highest BCUT2D eigenvalue weighted by molar-refractivity contribution is 6.38. The van der Waals surface area contributed by atoms with Crippen molar-refractivity contribution in [3.05, 3.63) is 0 Å². The second-order valence-corrected chi connectivity index (χ2v) is 4.69. The zero-order chi connectivity index (χ0) is 10.2. The van der Waals surface area contributed by atoms with Crippen LogP contribution in [-0.4, -0.2) is 28.7 Å². The third-order valence-corrected chi connectivity index (χ3v) is 3.63. The van der Waals surface area contributed by atoms with Gasteiger partial charge in [0.25, 0.3) is 5.91 Å². The predicted octanol–water partition coefficient (Wildman–Crippen LogP) is 1.51. The minimum atomic E-state index is -0.241. The van der Waals surface area contributed by atoms with Crippen LogP contribution in [0.25, 0.3) is 0 Å². The molecule has 1 heterocycles. The normalized spacial score (nSPS) is 27.1. The first-order valence-corrected chi connectivity index (χ1v) is 5.48. The third-order valence-electron chi connectivity index (χ3n) is 3.63. The molecule has 0 aromatic heterocycles. The number of Topliss-reactive ketones (excluding diaryl/α,β-unsaturated/α-hetero) is 1. The number of ketones is 1. The van der Waals surface area contributed by atoms with Gasteiger partial charge in [-0.3, -0.25) is 9.59 Å². The SMILES string of the molecule is CC1(N2CCC(=O)C2=O)CCCCC1. The Morgan fingerprint density at radius 3 is 2.29 bits per heavy atom. The standard InChI is InChI=1S/C11H17NO2/c1-11(6-3-2-4-7-11)12-8-5-9(13)10(12)14/h2-8H2,1H3. The van der Waals surface area contributed by atoms with Crippen LogP contribution in [0.5, 0.6) is 0 Å². The lowest BCUT2D eigenvalue weighted by Gasteiger charge is -2.41. The summed E-state index contributed by atoms with van der Waals surface area (Å²) in [4.78, 5) is 24.6. The van der Waals surface area contributed by atoms with Crippen molar-refractivity contribution < 1.29 is 9.59 Å². The minimum Gasteiger partial charge on any atom is -0.330 e. The highest BCUT2D eigenvalue weighted by Crippen LogP contribution is 2.35. The van der Waals surface area contributed by atoms with Gasteiger partial charge in [-0.25, -0.2) is 0 Å². The molecule has 0 aromatic rings. The van der Waals surface area contributed by atoms with Crippen molar-refractivity contribution in [3.8, 4) is 0 Å². The first-order valence-electron chi connectivity index (χ1n) is 5.48. The van der Waals surface area contributed by atoms with Gasteiger partial charge in [-0.05, 0) is 19.8 Å². The van der Waals surface area contributed by atoms with E-state index in [1.807, 2.05) is 4.90 Å². The van der Waals surface area contributed by atoms with Crippen molar-refractivity contribution in [2.75, 3.05) is 6.54 Å². The van der Waals surface area contributed by atoms with E-state index in [4.69, 9.17) is 0 Å². The fraction of sp³-hybridized carbons (Fsp3) is 0.818. The summed E-state index contributed by atoms with van der Waals surface area (Å²) in [6.45, 7) is 2.77. The molecule has 0 radical (unpaired) electrons. The highest BCUT2D eigenvalue weighted by atomic mass is 16.2. The van der Waals surface area contributed by atoms with Gasteiger partial charge >= 0.3 is 0 Å². The predicted molar refractivity (Wildman–Crippen MR) is 52.8 cm³/mol. The van der Waals surface area contributed by atoms with E-state index in [1.54, 1.807) is 0 Å². The molecule has 3 heteroatoms. The number of nitrogens with zero attached hydrogens (tertiary/aromatic N) is 1. The van der Waals surface area contributed by atoms with E-state index < -0.39 is 0 Å². The highest BCUT2D eigenvalue weighted by Gasteiger charge is 2.42. The van der Waals surface area contributed by atoms with E-state index in [0.717, 1.165) is 12.8 Å². The summed E-state index contributed by atoms with van der Waals surface area (Å²) in [6, 6.07) is 0. The number of carbonyl (C=O) groups excluding carboxylic acids is 2. The van der Waals surface area contributed by atoms with Gasteiger partial charge < -0.3 is 4.90 Å². The quantitative estimate of drug-likeness (QED) is 0.595. The van der Waals surface area contributed by atoms with Gasteiger partial charge in [-0.15, -0.1) is 0 Å². The molecule has 0 N–H and O–H groups in total. The van der Waals surface area contributed by atoms with E-state index in [0.29, 0.717) is 13.0 Å². The molecule has 14 heavy (non-hydrogen) atoms. The number of rotatable bonds is 1. The second-order valence-electron chi connectivity index (χ2n) is 4.69. The average molecular weight is 195 g/mol. The van der Waals surface area contributed by atoms with Crippen molar-refractivity contribution in [2.24, 2.45) is 0 Å². The van der Waals surface area contributed by atoms with Crippen molar-refractivity contribution in [2.45, 2.75) is 51.0 Å². The van der Waals surface area contributed by atoms with Crippen LogP contribution in [0.1, 0.15) is 45.4 Å². The Labute approximate surface area is 84.5 Å². The minimum absolute atomic E-state index is 0.0263. The molecule has 2 aliphatic rings. The summed E-state index contributed by atoms with van der Waals surface area (Å²) in [5, 5.41) is 0. The maximum atomic E-state index is 11.6. The lowest BCUT2D eigenvalue weighted by molar-refractivity contribution is -0.143. The van der Waals surface area contributed by atoms with E-state index in [-0.39, 0.29) is 17.2 Å². The molecular weight excluding hydrogens is 178 g/mol. The van der Waals surface area contributed by atoms with Gasteiger partial charge in [0, 0.05) is 18.5 Å². The van der Waals surface area contributed by atoms with Crippen molar-refractivity contribution in [1.82, 2.24) is 4.90 Å². The summed E-state index contributed by atoms with van der Waals surface area (Å²) < 4.78 is 0. The van der Waals surface area contributed by atoms with Crippen LogP contribution < -0.4 is 0 Å². The monoisotopic (exact) mass is 195 g/mol. The Hall–Kier alpha value is -0.860. The molecule has 0 atom stereocenters. The molecule has 1 saturated heterocycles. The summed E-state index contributed by atoms with van der Waals surface area (Å²) >= 11 is 0. The van der Waals surface area contributed by atoms with Crippen molar-refractivity contribution in [3.63, 3.8) is 0 Å². The Morgan fingerprint density at radius 1 is 1.14 bits per heavy atom. The van der Waals surface area contributed by atoms with Crippen molar-refractivity contribution >= 4 is 11.7 Å². The van der Waals surface area contributed by atoms with Crippen LogP contribution in [0, 0.1) is 0 Å². The van der Waals surface area contributed by atoms with Gasteiger partial charge in [0.15, 0.2) is 0 Å². The first-order chi connectivity index (χ1) is 6.63. The average Bonchev–Trinajstić information content (AvgIpc) is 2.49. The van der Waals surface area contributed by atoms with Crippen LogP contribution >= 0.6 is 0 Å². The molecule has 3 nitrogen and oxygen atoms in total. The topological polar surface area (TPSA) is 37.4 Å². The summed E-state index contributed by atoms with van der Waals surface area (Å²) in [6.07, 6.45) is 6.20. The Bertz CT molecular complexity index is 266. The van der Waals surface area contributed by atoms with Crippen LogP contribution in [-0.2, 0) is 9.59 Å². The molecule has 1 saturated carbocycles. The third kappa shape index (κ3) is 1.45. The number of hydrogen-bond donors (Lipinski definition) is 0. The van der Waals surface area contributed by atoms with Crippen LogP contribution in [0.15, 0.2) is 0 Å². The van der Waals surface area contributed by atoms with Crippen LogP contribution in [0.2, 0.25) is 0 Å². The van der Waals surface area contributed by atoms with Gasteiger partial charge in [-0.2, -0.15) is 0 Å². The second kappa shape index (κ2) is 3.37. The molecule has 2 rings (SSSR count). The largest absolute Gasteiger partial charge is 0.330 e. The zero-order valence-electron chi connectivity index (χ0n) is 8.71. The van der Waals surface area contributed by atoms with E-state index in [9.17, 15) is 9.59 Å². The van der Waals surface area contributed by atoms with Crippen LogP contribution in [0.3, 0.4) is 0 Å². The first kappa shape index (κ1) is 9.69. The Kier molecular flexibility index (Phi) is 2.33. The van der Waals surface area contributed by atoms with E-state index >= 15 is 0 Å². The lowest BCUT2D eigenvalue weighted by Crippen LogP contribution is -2.49. The molecule has 0 bridgehead atoms. The number of amides is 1. The zero-order valence-corrected chi connectivity index (χ0v) is 8.71.